The standard InChI is InChI=1S/C21H19ClN2O4/c1-13-12-15(22)5-10-18(13)28-14(2)20(25)23-16-6-8-17(9-7-16)24-21(26)19-4-3-11-27-19/h3-12,14H,1-2H3,(H,23,25)(H,24,26). The highest BCUT2D eigenvalue weighted by Gasteiger charge is 2.16. The molecule has 2 aromatic carbocycles. The molecular weight excluding hydrogens is 380 g/mol. The molecule has 1 aromatic heterocycles. The monoisotopic (exact) mass is 398 g/mol. The van der Waals surface area contributed by atoms with E-state index in [4.69, 9.17) is 20.8 Å². The Hall–Kier alpha value is -3.25. The zero-order valence-electron chi connectivity index (χ0n) is 15.4. The predicted octanol–water partition coefficient (Wildman–Crippen LogP) is 4.90. The normalized spacial score (nSPS) is 11.5. The highest BCUT2D eigenvalue weighted by Crippen LogP contribution is 2.23. The van der Waals surface area contributed by atoms with E-state index in [0.717, 1.165) is 5.56 Å². The lowest BCUT2D eigenvalue weighted by Crippen LogP contribution is -2.30. The maximum Gasteiger partial charge on any atom is 0.291 e. The number of furan rings is 1. The van der Waals surface area contributed by atoms with Crippen LogP contribution in [0, 0.1) is 6.92 Å². The fourth-order valence-corrected chi connectivity index (χ4v) is 2.70. The van der Waals surface area contributed by atoms with Crippen LogP contribution in [0.2, 0.25) is 5.02 Å². The average molecular weight is 399 g/mol. The van der Waals surface area contributed by atoms with E-state index in [1.165, 1.54) is 6.26 Å². The van der Waals surface area contributed by atoms with Gasteiger partial charge in [-0.05, 0) is 74.0 Å². The second-order valence-corrected chi connectivity index (χ2v) is 6.60. The molecule has 0 aliphatic rings. The molecule has 0 aliphatic carbocycles. The summed E-state index contributed by atoms with van der Waals surface area (Å²) in [6, 6.07) is 15.2. The van der Waals surface area contributed by atoms with Crippen LogP contribution < -0.4 is 15.4 Å². The average Bonchev–Trinajstić information content (AvgIpc) is 3.20. The number of nitrogens with one attached hydrogen (secondary N) is 2. The Labute approximate surface area is 167 Å². The van der Waals surface area contributed by atoms with Gasteiger partial charge in [0.15, 0.2) is 11.9 Å². The Morgan fingerprint density at radius 1 is 1.04 bits per heavy atom. The molecule has 2 N–H and O–H groups in total. The molecule has 0 saturated heterocycles. The fourth-order valence-electron chi connectivity index (χ4n) is 2.47. The quantitative estimate of drug-likeness (QED) is 0.618. The third-order valence-electron chi connectivity index (χ3n) is 3.97. The zero-order valence-corrected chi connectivity index (χ0v) is 16.1. The minimum absolute atomic E-state index is 0.223. The minimum atomic E-state index is -0.696. The molecule has 0 fully saturated rings. The van der Waals surface area contributed by atoms with Crippen molar-refractivity contribution in [2.24, 2.45) is 0 Å². The number of aryl methyl sites for hydroxylation is 1. The first-order chi connectivity index (χ1) is 13.4. The predicted molar refractivity (Wildman–Crippen MR) is 108 cm³/mol. The van der Waals surface area contributed by atoms with E-state index in [0.29, 0.717) is 22.1 Å². The van der Waals surface area contributed by atoms with E-state index in [1.807, 2.05) is 6.92 Å². The Balaban J connectivity index is 1.57. The van der Waals surface area contributed by atoms with E-state index >= 15 is 0 Å². The molecule has 1 unspecified atom stereocenters. The Bertz CT molecular complexity index is 969. The van der Waals surface area contributed by atoms with Gasteiger partial charge < -0.3 is 19.8 Å². The van der Waals surface area contributed by atoms with E-state index in [1.54, 1.807) is 61.5 Å². The lowest BCUT2D eigenvalue weighted by atomic mass is 10.2. The van der Waals surface area contributed by atoms with Crippen molar-refractivity contribution in [3.63, 3.8) is 0 Å². The number of ether oxygens (including phenoxy) is 1. The lowest BCUT2D eigenvalue weighted by Gasteiger charge is -2.16. The van der Waals surface area contributed by atoms with E-state index in [9.17, 15) is 9.59 Å². The summed E-state index contributed by atoms with van der Waals surface area (Å²) in [5, 5.41) is 6.10. The highest BCUT2D eigenvalue weighted by atomic mass is 35.5. The second kappa shape index (κ2) is 8.63. The molecular formula is C21H19ClN2O4. The summed E-state index contributed by atoms with van der Waals surface area (Å²) < 4.78 is 10.8. The first kappa shape index (κ1) is 19.5. The van der Waals surface area contributed by atoms with Crippen molar-refractivity contribution in [3.8, 4) is 5.75 Å². The van der Waals surface area contributed by atoms with Crippen LogP contribution in [0.25, 0.3) is 0 Å². The number of anilines is 2. The van der Waals surface area contributed by atoms with Crippen LogP contribution in [0.1, 0.15) is 23.0 Å². The third kappa shape index (κ3) is 4.92. The molecule has 3 rings (SSSR count). The lowest BCUT2D eigenvalue weighted by molar-refractivity contribution is -0.122. The maximum atomic E-state index is 12.4. The first-order valence-electron chi connectivity index (χ1n) is 8.61. The number of hydrogen-bond donors (Lipinski definition) is 2. The molecule has 6 nitrogen and oxygen atoms in total. The van der Waals surface area contributed by atoms with Crippen LogP contribution in [0.5, 0.6) is 5.75 Å². The summed E-state index contributed by atoms with van der Waals surface area (Å²) in [5.74, 6) is 0.188. The minimum Gasteiger partial charge on any atom is -0.481 e. The van der Waals surface area contributed by atoms with E-state index in [2.05, 4.69) is 10.6 Å². The molecule has 0 aliphatic heterocycles. The van der Waals surface area contributed by atoms with Gasteiger partial charge in [-0.1, -0.05) is 11.6 Å². The van der Waals surface area contributed by atoms with Crippen LogP contribution in [0.15, 0.2) is 65.3 Å². The van der Waals surface area contributed by atoms with Crippen molar-refractivity contribution >= 4 is 34.8 Å². The molecule has 7 heteroatoms. The van der Waals surface area contributed by atoms with Gasteiger partial charge in [0.2, 0.25) is 0 Å². The molecule has 1 atom stereocenters. The van der Waals surface area contributed by atoms with Crippen LogP contribution in [0.4, 0.5) is 11.4 Å². The molecule has 3 aromatic rings. The molecule has 0 spiro atoms. The van der Waals surface area contributed by atoms with Gasteiger partial charge in [-0.2, -0.15) is 0 Å². The molecule has 28 heavy (non-hydrogen) atoms. The van der Waals surface area contributed by atoms with Gasteiger partial charge >= 0.3 is 0 Å². The van der Waals surface area contributed by atoms with Crippen molar-refractivity contribution in [1.82, 2.24) is 0 Å². The molecule has 0 bridgehead atoms. The number of benzene rings is 2. The van der Waals surface area contributed by atoms with Crippen LogP contribution in [-0.4, -0.2) is 17.9 Å². The van der Waals surface area contributed by atoms with E-state index in [-0.39, 0.29) is 17.6 Å². The molecule has 0 saturated carbocycles. The van der Waals surface area contributed by atoms with Crippen molar-refractivity contribution in [1.29, 1.82) is 0 Å². The number of hydrogen-bond acceptors (Lipinski definition) is 4. The summed E-state index contributed by atoms with van der Waals surface area (Å²) in [6.07, 6.45) is 0.737. The zero-order chi connectivity index (χ0) is 20.1. The van der Waals surface area contributed by atoms with E-state index < -0.39 is 6.10 Å². The molecule has 144 valence electrons. The molecule has 2 amide bonds. The fraction of sp³-hybridized carbons (Fsp3) is 0.143. The summed E-state index contributed by atoms with van der Waals surface area (Å²) >= 11 is 5.93. The first-order valence-corrected chi connectivity index (χ1v) is 8.99. The third-order valence-corrected chi connectivity index (χ3v) is 4.20. The summed E-state index contributed by atoms with van der Waals surface area (Å²) in [4.78, 5) is 24.3. The number of amides is 2. The Kier molecular flexibility index (Phi) is 6.01. The second-order valence-electron chi connectivity index (χ2n) is 6.17. The van der Waals surface area contributed by atoms with Gasteiger partial charge in [-0.3, -0.25) is 9.59 Å². The van der Waals surface area contributed by atoms with Gasteiger partial charge in [0.05, 0.1) is 6.26 Å². The van der Waals surface area contributed by atoms with Crippen LogP contribution in [-0.2, 0) is 4.79 Å². The van der Waals surface area contributed by atoms with Crippen LogP contribution in [0.3, 0.4) is 0 Å². The van der Waals surface area contributed by atoms with Gasteiger partial charge in [0.1, 0.15) is 5.75 Å². The van der Waals surface area contributed by atoms with Crippen molar-refractivity contribution in [3.05, 3.63) is 77.2 Å². The van der Waals surface area contributed by atoms with Crippen LogP contribution >= 0.6 is 11.6 Å². The van der Waals surface area contributed by atoms with Gasteiger partial charge in [0.25, 0.3) is 11.8 Å². The number of rotatable bonds is 6. The Morgan fingerprint density at radius 3 is 2.32 bits per heavy atom. The number of halogens is 1. The van der Waals surface area contributed by atoms with Gasteiger partial charge in [-0.15, -0.1) is 0 Å². The molecule has 1 heterocycles. The topological polar surface area (TPSA) is 80.6 Å². The summed E-state index contributed by atoms with van der Waals surface area (Å²) in [5.41, 5.74) is 2.02. The van der Waals surface area contributed by atoms with Gasteiger partial charge in [0, 0.05) is 16.4 Å². The summed E-state index contributed by atoms with van der Waals surface area (Å²) in [7, 11) is 0. The SMILES string of the molecule is Cc1cc(Cl)ccc1OC(C)C(=O)Nc1ccc(NC(=O)c2ccco2)cc1. The van der Waals surface area contributed by atoms with Crippen molar-refractivity contribution in [2.75, 3.05) is 10.6 Å². The highest BCUT2D eigenvalue weighted by molar-refractivity contribution is 6.30. The summed E-state index contributed by atoms with van der Waals surface area (Å²) in [6.45, 7) is 3.53. The largest absolute Gasteiger partial charge is 0.481 e. The number of carbonyl (C=O) groups excluding carboxylic acids is 2. The molecule has 0 radical (unpaired) electrons. The van der Waals surface area contributed by atoms with Gasteiger partial charge in [-0.25, -0.2) is 0 Å². The van der Waals surface area contributed by atoms with Crippen molar-refractivity contribution < 1.29 is 18.7 Å². The van der Waals surface area contributed by atoms with Crippen molar-refractivity contribution in [2.45, 2.75) is 20.0 Å². The maximum absolute atomic E-state index is 12.4. The smallest absolute Gasteiger partial charge is 0.291 e. The Morgan fingerprint density at radius 2 is 1.71 bits per heavy atom. The number of carbonyl (C=O) groups is 2.